The number of sulfonamides is 1. The number of aryl methyl sites for hydroxylation is 1. The van der Waals surface area contributed by atoms with Gasteiger partial charge in [0.05, 0.1) is 10.6 Å². The maximum Gasteiger partial charge on any atom is 0.269 e. The third kappa shape index (κ3) is 4.83. The number of pyridine rings is 1. The second-order valence-corrected chi connectivity index (χ2v) is 12.4. The van der Waals surface area contributed by atoms with Crippen LogP contribution >= 0.6 is 0 Å². The Kier molecular flexibility index (Phi) is 6.82. The molecular formula is C26H26FN5O4S2. The number of fused-ring (bicyclic) bond motifs is 1. The molecule has 0 atom stereocenters. The molecule has 0 saturated heterocycles. The lowest BCUT2D eigenvalue weighted by Gasteiger charge is -2.32. The highest BCUT2D eigenvalue weighted by Crippen LogP contribution is 2.38. The molecule has 198 valence electrons. The molecule has 1 aliphatic rings. The van der Waals surface area contributed by atoms with E-state index in [-0.39, 0.29) is 21.0 Å². The highest BCUT2D eigenvalue weighted by atomic mass is 32.2. The van der Waals surface area contributed by atoms with E-state index in [0.29, 0.717) is 30.0 Å². The van der Waals surface area contributed by atoms with Gasteiger partial charge in [0.15, 0.2) is 0 Å². The Labute approximate surface area is 220 Å². The Hall–Kier alpha value is -3.58. The molecule has 0 unspecified atom stereocenters. The van der Waals surface area contributed by atoms with Crippen molar-refractivity contribution in [3.63, 3.8) is 0 Å². The van der Waals surface area contributed by atoms with Crippen molar-refractivity contribution in [2.45, 2.75) is 29.2 Å². The number of aromatic nitrogens is 2. The summed E-state index contributed by atoms with van der Waals surface area (Å²) in [4.78, 5) is 5.78. The van der Waals surface area contributed by atoms with Crippen LogP contribution in [0.4, 0.5) is 15.8 Å². The largest absolute Gasteiger partial charge is 0.341 e. The summed E-state index contributed by atoms with van der Waals surface area (Å²) in [7, 11) is -6.26. The molecule has 5 rings (SSSR count). The summed E-state index contributed by atoms with van der Waals surface area (Å²) in [5.74, 6) is -0.596. The zero-order valence-corrected chi connectivity index (χ0v) is 22.1. The smallest absolute Gasteiger partial charge is 0.269 e. The maximum atomic E-state index is 15.4. The van der Waals surface area contributed by atoms with Crippen molar-refractivity contribution in [1.82, 2.24) is 14.3 Å². The molecule has 0 bridgehead atoms. The fourth-order valence-electron chi connectivity index (χ4n) is 4.68. The lowest BCUT2D eigenvalue weighted by Crippen LogP contribution is -2.25. The van der Waals surface area contributed by atoms with Crippen molar-refractivity contribution in [2.75, 3.05) is 18.5 Å². The first kappa shape index (κ1) is 26.0. The van der Waals surface area contributed by atoms with Gasteiger partial charge in [0, 0.05) is 48.6 Å². The van der Waals surface area contributed by atoms with Crippen molar-refractivity contribution in [3.05, 3.63) is 90.1 Å². The van der Waals surface area contributed by atoms with E-state index in [1.165, 1.54) is 48.9 Å². The molecule has 0 saturated carbocycles. The van der Waals surface area contributed by atoms with Crippen LogP contribution in [0.5, 0.6) is 0 Å². The second kappa shape index (κ2) is 9.95. The summed E-state index contributed by atoms with van der Waals surface area (Å²) in [6, 6.07) is 13.8. The Morgan fingerprint density at radius 1 is 1.05 bits per heavy atom. The lowest BCUT2D eigenvalue weighted by molar-refractivity contribution is 0.586. The zero-order chi connectivity index (χ0) is 27.1. The van der Waals surface area contributed by atoms with Crippen molar-refractivity contribution >= 4 is 31.4 Å². The topological polar surface area (TPSA) is 127 Å². The van der Waals surface area contributed by atoms with E-state index in [0.717, 1.165) is 22.4 Å². The number of nitrogens with one attached hydrogen (secondary N) is 1. The minimum atomic E-state index is -4.07. The second-order valence-electron chi connectivity index (χ2n) is 9.01. The Morgan fingerprint density at radius 3 is 2.58 bits per heavy atom. The minimum Gasteiger partial charge on any atom is -0.341 e. The number of nitrogens with two attached hydrogens (primary N) is 1. The van der Waals surface area contributed by atoms with Crippen LogP contribution in [0.1, 0.15) is 17.5 Å². The molecule has 0 spiro atoms. The molecule has 12 heteroatoms. The van der Waals surface area contributed by atoms with Gasteiger partial charge >= 0.3 is 0 Å². The third-order valence-corrected chi connectivity index (χ3v) is 9.02. The SMILES string of the molecule is CNCc1cc(-c2cc(N3CCCc4ccc(S(N)(=O)=O)cc43)ccc2F)n(S(=O)(=O)c2cccnc2)c1. The van der Waals surface area contributed by atoms with Crippen LogP contribution in [-0.4, -0.2) is 39.4 Å². The zero-order valence-electron chi connectivity index (χ0n) is 20.5. The maximum absolute atomic E-state index is 15.4. The number of primary sulfonamides is 1. The van der Waals surface area contributed by atoms with E-state index >= 15 is 4.39 Å². The van der Waals surface area contributed by atoms with Crippen molar-refractivity contribution in [2.24, 2.45) is 5.14 Å². The number of hydrogen-bond donors (Lipinski definition) is 2. The molecule has 3 N–H and O–H groups in total. The fraction of sp³-hybridized carbons (Fsp3) is 0.192. The van der Waals surface area contributed by atoms with Crippen molar-refractivity contribution in [1.29, 1.82) is 0 Å². The average molecular weight is 556 g/mol. The van der Waals surface area contributed by atoms with E-state index in [9.17, 15) is 16.8 Å². The summed E-state index contributed by atoms with van der Waals surface area (Å²) < 4.78 is 67.5. The first-order chi connectivity index (χ1) is 18.1. The van der Waals surface area contributed by atoms with Crippen molar-refractivity contribution < 1.29 is 21.2 Å². The molecule has 0 aliphatic carbocycles. The van der Waals surface area contributed by atoms with Crippen LogP contribution in [0.2, 0.25) is 0 Å². The molecule has 38 heavy (non-hydrogen) atoms. The monoisotopic (exact) mass is 555 g/mol. The van der Waals surface area contributed by atoms with Crippen LogP contribution in [0.15, 0.2) is 83.0 Å². The molecule has 0 fully saturated rings. The fourth-order valence-corrected chi connectivity index (χ4v) is 6.57. The Morgan fingerprint density at radius 2 is 1.87 bits per heavy atom. The van der Waals surface area contributed by atoms with Crippen LogP contribution < -0.4 is 15.4 Å². The lowest BCUT2D eigenvalue weighted by atomic mass is 10.0. The summed E-state index contributed by atoms with van der Waals surface area (Å²) in [6.07, 6.45) is 5.74. The molecule has 4 aromatic rings. The highest BCUT2D eigenvalue weighted by molar-refractivity contribution is 7.90. The van der Waals surface area contributed by atoms with Gasteiger partial charge in [-0.15, -0.1) is 0 Å². The quantitative estimate of drug-likeness (QED) is 0.358. The van der Waals surface area contributed by atoms with Gasteiger partial charge in [0.1, 0.15) is 10.7 Å². The van der Waals surface area contributed by atoms with Crippen LogP contribution in [0, 0.1) is 5.82 Å². The third-order valence-electron chi connectivity index (χ3n) is 6.46. The van der Waals surface area contributed by atoms with Gasteiger partial charge < -0.3 is 10.2 Å². The average Bonchev–Trinajstić information content (AvgIpc) is 3.33. The predicted molar refractivity (Wildman–Crippen MR) is 143 cm³/mol. The normalized spacial score (nSPS) is 13.9. The standard InChI is InChI=1S/C26H26FN5O4S2/c1-29-15-18-12-26(32(17-18)38(35,36)22-5-2-10-30-16-22)23-13-20(7-9-24(23)27)31-11-3-4-19-6-8-21(14-25(19)31)37(28,33)34/h2,5-10,12-14,16-17,29H,3-4,11,15H2,1H3,(H2,28,33,34). The van der Waals surface area contributed by atoms with E-state index in [2.05, 4.69) is 10.3 Å². The molecule has 1 aliphatic heterocycles. The Balaban J connectivity index is 1.66. The van der Waals surface area contributed by atoms with Crippen LogP contribution in [-0.2, 0) is 33.0 Å². The van der Waals surface area contributed by atoms with Crippen LogP contribution in [0.25, 0.3) is 11.3 Å². The molecule has 9 nitrogen and oxygen atoms in total. The molecule has 3 heterocycles. The highest BCUT2D eigenvalue weighted by Gasteiger charge is 2.26. The Bertz CT molecular complexity index is 1720. The number of rotatable bonds is 7. The van der Waals surface area contributed by atoms with Gasteiger partial charge in [0.25, 0.3) is 10.0 Å². The molecular weight excluding hydrogens is 529 g/mol. The van der Waals surface area contributed by atoms with Crippen LogP contribution in [0.3, 0.4) is 0 Å². The summed E-state index contributed by atoms with van der Waals surface area (Å²) in [6.45, 7) is 0.936. The first-order valence-corrected chi connectivity index (χ1v) is 14.8. The number of halogens is 1. The number of nitrogens with zero attached hydrogens (tertiary/aromatic N) is 3. The van der Waals surface area contributed by atoms with E-state index < -0.39 is 25.9 Å². The number of anilines is 2. The number of hydrogen-bond acceptors (Lipinski definition) is 7. The molecule has 2 aromatic heterocycles. The summed E-state index contributed by atoms with van der Waals surface area (Å²) in [5, 5.41) is 8.35. The van der Waals surface area contributed by atoms with E-state index in [1.807, 2.05) is 4.90 Å². The van der Waals surface area contributed by atoms with Gasteiger partial charge in [-0.3, -0.25) is 4.98 Å². The van der Waals surface area contributed by atoms with E-state index in [4.69, 9.17) is 5.14 Å². The molecule has 0 amide bonds. The predicted octanol–water partition coefficient (Wildman–Crippen LogP) is 3.38. The van der Waals surface area contributed by atoms with Gasteiger partial charge in [-0.1, -0.05) is 6.07 Å². The molecule has 0 radical (unpaired) electrons. The molecule has 2 aromatic carbocycles. The van der Waals surface area contributed by atoms with Gasteiger partial charge in [-0.25, -0.2) is 30.3 Å². The summed E-state index contributed by atoms with van der Waals surface area (Å²) >= 11 is 0. The number of benzene rings is 2. The van der Waals surface area contributed by atoms with E-state index in [1.54, 1.807) is 31.3 Å². The van der Waals surface area contributed by atoms with Gasteiger partial charge in [-0.05, 0) is 79.5 Å². The minimum absolute atomic E-state index is 0.0152. The van der Waals surface area contributed by atoms with Gasteiger partial charge in [-0.2, -0.15) is 0 Å². The van der Waals surface area contributed by atoms with Crippen molar-refractivity contribution in [3.8, 4) is 11.3 Å². The first-order valence-electron chi connectivity index (χ1n) is 11.8. The summed E-state index contributed by atoms with van der Waals surface area (Å²) in [5.41, 5.74) is 3.10. The van der Waals surface area contributed by atoms with Gasteiger partial charge in [0.2, 0.25) is 10.0 Å².